The molecule has 0 rings (SSSR count). The van der Waals surface area contributed by atoms with Gasteiger partial charge in [0.25, 0.3) is 0 Å². The van der Waals surface area contributed by atoms with Crippen molar-refractivity contribution in [2.75, 3.05) is 23.5 Å². The Morgan fingerprint density at radius 3 is 2.08 bits per heavy atom. The first-order chi connectivity index (χ1) is 5.31. The molecular weight excluding hydrogens is 283 g/mol. The van der Waals surface area contributed by atoms with Crippen LogP contribution in [0.1, 0.15) is 27.2 Å². The second kappa shape index (κ2) is 5.05. The molecule has 0 radical (unpaired) electrons. The van der Waals surface area contributed by atoms with E-state index >= 15 is 0 Å². The molecule has 0 unspecified atom stereocenters. The van der Waals surface area contributed by atoms with Crippen LogP contribution < -0.4 is 0 Å². The summed E-state index contributed by atoms with van der Waals surface area (Å²) >= 11 is 2.39. The number of hydrogen-bond donors (Lipinski definition) is 0. The molecule has 0 heterocycles. The minimum Gasteiger partial charge on any atom is -0.337 e. The maximum absolute atomic E-state index is 5.91. The van der Waals surface area contributed by atoms with E-state index in [1.165, 1.54) is 10.8 Å². The van der Waals surface area contributed by atoms with E-state index in [9.17, 15) is 0 Å². The third-order valence-corrected chi connectivity index (χ3v) is 6.60. The molecule has 0 aliphatic carbocycles. The minimum atomic E-state index is -0.873. The molecule has 0 saturated carbocycles. The maximum Gasteiger partial charge on any atom is 0.0599 e. The van der Waals surface area contributed by atoms with Crippen molar-refractivity contribution in [3.63, 3.8) is 0 Å². The molecule has 0 atom stereocenters. The molecule has 76 valence electrons. The summed E-state index contributed by atoms with van der Waals surface area (Å²) in [4.78, 5) is 0. The second-order valence-electron chi connectivity index (χ2n) is 4.21. The van der Waals surface area contributed by atoms with E-state index in [4.69, 9.17) is 4.18 Å². The largest absolute Gasteiger partial charge is 0.337 e. The Balaban J connectivity index is 3.88. The fraction of sp³-hybridized carbons (Fsp3) is 1.00. The third-order valence-electron chi connectivity index (χ3n) is 2.13. The van der Waals surface area contributed by atoms with Crippen LogP contribution in [0.25, 0.3) is 0 Å². The van der Waals surface area contributed by atoms with Crippen molar-refractivity contribution in [1.29, 1.82) is 0 Å². The van der Waals surface area contributed by atoms with Gasteiger partial charge in [0.1, 0.15) is 0 Å². The van der Waals surface area contributed by atoms with Crippen LogP contribution in [0.15, 0.2) is 0 Å². The van der Waals surface area contributed by atoms with Crippen molar-refractivity contribution in [1.82, 2.24) is 0 Å². The van der Waals surface area contributed by atoms with Crippen molar-refractivity contribution in [3.8, 4) is 0 Å². The maximum atomic E-state index is 5.91. The lowest BCUT2D eigenvalue weighted by molar-refractivity contribution is 0.351. The SMILES string of the molecule is CC(C)(C)S(C)(C)OCCCI. The topological polar surface area (TPSA) is 9.23 Å². The Bertz CT molecular complexity index is 129. The molecule has 1 nitrogen and oxygen atoms in total. The van der Waals surface area contributed by atoms with Crippen LogP contribution in [0.5, 0.6) is 0 Å². The van der Waals surface area contributed by atoms with Crippen LogP contribution >= 0.6 is 32.9 Å². The molecule has 0 aromatic heterocycles. The summed E-state index contributed by atoms with van der Waals surface area (Å²) in [5.74, 6) is 0. The fourth-order valence-electron chi connectivity index (χ4n) is 0.499. The highest BCUT2D eigenvalue weighted by molar-refractivity contribution is 14.1. The molecule has 0 saturated heterocycles. The van der Waals surface area contributed by atoms with Crippen molar-refractivity contribution in [2.45, 2.75) is 31.9 Å². The lowest BCUT2D eigenvalue weighted by Crippen LogP contribution is -2.25. The van der Waals surface area contributed by atoms with E-state index in [1.54, 1.807) is 0 Å². The monoisotopic (exact) mass is 304 g/mol. The van der Waals surface area contributed by atoms with E-state index < -0.39 is 10.3 Å². The first-order valence-electron chi connectivity index (χ1n) is 4.24. The molecule has 3 heteroatoms. The number of halogens is 1. The van der Waals surface area contributed by atoms with E-state index in [2.05, 4.69) is 55.9 Å². The van der Waals surface area contributed by atoms with Crippen LogP contribution in [-0.4, -0.2) is 28.3 Å². The highest BCUT2D eigenvalue weighted by atomic mass is 127. The van der Waals surface area contributed by atoms with Gasteiger partial charge in [-0.15, -0.1) is 10.3 Å². The molecule has 0 N–H and O–H groups in total. The molecule has 12 heavy (non-hydrogen) atoms. The highest BCUT2D eigenvalue weighted by Gasteiger charge is 2.28. The van der Waals surface area contributed by atoms with E-state index in [1.807, 2.05) is 0 Å². The normalized spacial score (nSPS) is 14.8. The van der Waals surface area contributed by atoms with Gasteiger partial charge >= 0.3 is 0 Å². The van der Waals surface area contributed by atoms with Gasteiger partial charge in [0.05, 0.1) is 6.61 Å². The fourth-order valence-corrected chi connectivity index (χ4v) is 1.70. The summed E-state index contributed by atoms with van der Waals surface area (Å²) in [6, 6.07) is 0. The second-order valence-corrected chi connectivity index (χ2v) is 9.22. The van der Waals surface area contributed by atoms with Gasteiger partial charge < -0.3 is 4.18 Å². The van der Waals surface area contributed by atoms with E-state index in [-0.39, 0.29) is 0 Å². The summed E-state index contributed by atoms with van der Waals surface area (Å²) in [7, 11) is -0.873. The van der Waals surface area contributed by atoms with E-state index in [0.717, 1.165) is 6.61 Å². The Morgan fingerprint density at radius 1 is 1.25 bits per heavy atom. The summed E-state index contributed by atoms with van der Waals surface area (Å²) in [6.45, 7) is 7.69. The molecule has 0 aliphatic heterocycles. The van der Waals surface area contributed by atoms with Crippen molar-refractivity contribution in [3.05, 3.63) is 0 Å². The van der Waals surface area contributed by atoms with Crippen LogP contribution in [0.3, 0.4) is 0 Å². The van der Waals surface area contributed by atoms with Gasteiger partial charge in [-0.2, -0.15) is 0 Å². The zero-order chi connectivity index (χ0) is 9.83. The van der Waals surface area contributed by atoms with Gasteiger partial charge in [-0.05, 0) is 18.9 Å². The predicted octanol–water partition coefficient (Wildman–Crippen LogP) is 3.61. The van der Waals surface area contributed by atoms with Gasteiger partial charge in [0.2, 0.25) is 0 Å². The van der Waals surface area contributed by atoms with Gasteiger partial charge in [-0.3, -0.25) is 0 Å². The Labute approximate surface area is 92.3 Å². The van der Waals surface area contributed by atoms with Gasteiger partial charge in [0.15, 0.2) is 0 Å². The summed E-state index contributed by atoms with van der Waals surface area (Å²) in [5, 5.41) is 0. The van der Waals surface area contributed by atoms with Crippen LogP contribution in [0.4, 0.5) is 0 Å². The standard InChI is InChI=1S/C9H21IOS/c1-9(2,3)12(4,5)11-8-6-7-10/h6-8H2,1-5H3. The lowest BCUT2D eigenvalue weighted by Gasteiger charge is -2.43. The molecular formula is C9H21IOS. The average molecular weight is 304 g/mol. The van der Waals surface area contributed by atoms with E-state index in [0.29, 0.717) is 4.75 Å². The molecule has 0 aliphatic rings. The zero-order valence-electron chi connectivity index (χ0n) is 8.82. The van der Waals surface area contributed by atoms with Crippen molar-refractivity contribution >= 4 is 32.9 Å². The number of hydrogen-bond acceptors (Lipinski definition) is 1. The first kappa shape index (κ1) is 13.0. The molecule has 0 fully saturated rings. The van der Waals surface area contributed by atoms with Gasteiger partial charge in [0, 0.05) is 9.17 Å². The summed E-state index contributed by atoms with van der Waals surface area (Å²) < 4.78 is 7.41. The Hall–Kier alpha value is 1.04. The number of alkyl halides is 1. The Kier molecular flexibility index (Phi) is 5.49. The molecule has 0 aromatic carbocycles. The van der Waals surface area contributed by atoms with Crippen LogP contribution in [-0.2, 0) is 4.18 Å². The van der Waals surface area contributed by atoms with Gasteiger partial charge in [-0.1, -0.05) is 43.4 Å². The van der Waals surface area contributed by atoms with Crippen molar-refractivity contribution < 1.29 is 4.18 Å². The lowest BCUT2D eigenvalue weighted by atomic mass is 10.3. The number of rotatable bonds is 4. The van der Waals surface area contributed by atoms with Gasteiger partial charge in [-0.25, -0.2) is 0 Å². The molecule has 0 aromatic rings. The molecule has 0 amide bonds. The Morgan fingerprint density at radius 2 is 1.75 bits per heavy atom. The zero-order valence-corrected chi connectivity index (χ0v) is 11.8. The summed E-state index contributed by atoms with van der Waals surface area (Å²) in [5.41, 5.74) is 0. The summed E-state index contributed by atoms with van der Waals surface area (Å²) in [6.07, 6.45) is 5.67. The highest BCUT2D eigenvalue weighted by Crippen LogP contribution is 2.53. The van der Waals surface area contributed by atoms with Crippen LogP contribution in [0, 0.1) is 0 Å². The third kappa shape index (κ3) is 4.33. The predicted molar refractivity (Wildman–Crippen MR) is 68.6 cm³/mol. The molecule has 0 spiro atoms. The first-order valence-corrected chi connectivity index (χ1v) is 8.14. The van der Waals surface area contributed by atoms with Crippen LogP contribution in [0.2, 0.25) is 0 Å². The van der Waals surface area contributed by atoms with Crippen molar-refractivity contribution in [2.24, 2.45) is 0 Å². The minimum absolute atomic E-state index is 0.304. The smallest absolute Gasteiger partial charge is 0.0599 e. The average Bonchev–Trinajstić information content (AvgIpc) is 1.85. The quantitative estimate of drug-likeness (QED) is 0.438. The molecule has 0 bridgehead atoms.